The molecule has 0 unspecified atom stereocenters. The predicted octanol–water partition coefficient (Wildman–Crippen LogP) is 2.65. The Balaban J connectivity index is 2.19. The lowest BCUT2D eigenvalue weighted by atomic mass is 10.2. The average molecular weight is 331 g/mol. The lowest BCUT2D eigenvalue weighted by molar-refractivity contribution is 0.580. The standard InChI is InChI=1S/C13H15ClN2O2S2/c1-9-8-19-12(6-15)13(9)20(17,18)16-7-10-2-4-11(14)5-3-10/h2-5,8,16H,6-7,15H2,1H3. The first-order chi connectivity index (χ1) is 9.44. The van der Waals surface area contributed by atoms with Gasteiger partial charge in [0.2, 0.25) is 10.0 Å². The van der Waals surface area contributed by atoms with Gasteiger partial charge in [0.15, 0.2) is 0 Å². The van der Waals surface area contributed by atoms with Gasteiger partial charge in [0.05, 0.1) is 0 Å². The van der Waals surface area contributed by atoms with Gasteiger partial charge in [-0.3, -0.25) is 0 Å². The highest BCUT2D eigenvalue weighted by Crippen LogP contribution is 2.26. The minimum atomic E-state index is -3.55. The van der Waals surface area contributed by atoms with Crippen LogP contribution in [0.5, 0.6) is 0 Å². The van der Waals surface area contributed by atoms with Gasteiger partial charge in [-0.15, -0.1) is 11.3 Å². The number of nitrogens with one attached hydrogen (secondary N) is 1. The van der Waals surface area contributed by atoms with Gasteiger partial charge < -0.3 is 5.73 Å². The molecule has 0 spiro atoms. The van der Waals surface area contributed by atoms with Crippen LogP contribution >= 0.6 is 22.9 Å². The molecule has 7 heteroatoms. The van der Waals surface area contributed by atoms with E-state index in [-0.39, 0.29) is 13.1 Å². The number of aryl methyl sites for hydroxylation is 1. The van der Waals surface area contributed by atoms with Crippen LogP contribution in [0.4, 0.5) is 0 Å². The Morgan fingerprint density at radius 3 is 2.55 bits per heavy atom. The van der Waals surface area contributed by atoms with Gasteiger partial charge in [0, 0.05) is 23.0 Å². The van der Waals surface area contributed by atoms with Crippen molar-refractivity contribution >= 4 is 33.0 Å². The van der Waals surface area contributed by atoms with Gasteiger partial charge in [-0.1, -0.05) is 23.7 Å². The molecule has 0 aliphatic rings. The van der Waals surface area contributed by atoms with E-state index in [0.29, 0.717) is 14.8 Å². The Morgan fingerprint density at radius 2 is 1.95 bits per heavy atom. The van der Waals surface area contributed by atoms with E-state index in [4.69, 9.17) is 17.3 Å². The van der Waals surface area contributed by atoms with E-state index in [1.807, 2.05) is 0 Å². The number of thiophene rings is 1. The van der Waals surface area contributed by atoms with Crippen molar-refractivity contribution in [3.63, 3.8) is 0 Å². The summed E-state index contributed by atoms with van der Waals surface area (Å²) in [6.45, 7) is 2.21. The second kappa shape index (κ2) is 6.24. The Kier molecular flexibility index (Phi) is 4.82. The molecule has 0 radical (unpaired) electrons. The molecule has 3 N–H and O–H groups in total. The van der Waals surface area contributed by atoms with Crippen molar-refractivity contribution in [3.05, 3.63) is 50.7 Å². The van der Waals surface area contributed by atoms with Crippen LogP contribution in [0, 0.1) is 6.92 Å². The third kappa shape index (κ3) is 3.39. The molecule has 0 aliphatic carbocycles. The van der Waals surface area contributed by atoms with Crippen molar-refractivity contribution in [1.82, 2.24) is 4.72 Å². The fourth-order valence-electron chi connectivity index (χ4n) is 1.84. The molecule has 0 amide bonds. The molecular formula is C13H15ClN2O2S2. The van der Waals surface area contributed by atoms with Crippen molar-refractivity contribution in [2.75, 3.05) is 0 Å². The lowest BCUT2D eigenvalue weighted by Crippen LogP contribution is -2.24. The summed E-state index contributed by atoms with van der Waals surface area (Å²) in [4.78, 5) is 0.977. The normalized spacial score (nSPS) is 11.8. The first-order valence-corrected chi connectivity index (χ1v) is 8.69. The second-order valence-corrected chi connectivity index (χ2v) is 7.43. The highest BCUT2D eigenvalue weighted by atomic mass is 35.5. The van der Waals surface area contributed by atoms with Crippen LogP contribution in [-0.4, -0.2) is 8.42 Å². The van der Waals surface area contributed by atoms with Gasteiger partial charge in [0.25, 0.3) is 0 Å². The maximum atomic E-state index is 12.3. The van der Waals surface area contributed by atoms with Gasteiger partial charge in [-0.05, 0) is 35.6 Å². The summed E-state index contributed by atoms with van der Waals surface area (Å²) in [5.41, 5.74) is 7.16. The number of halogens is 1. The highest BCUT2D eigenvalue weighted by molar-refractivity contribution is 7.89. The first kappa shape index (κ1) is 15.5. The molecule has 0 saturated heterocycles. The van der Waals surface area contributed by atoms with Gasteiger partial charge >= 0.3 is 0 Å². The van der Waals surface area contributed by atoms with E-state index in [0.717, 1.165) is 11.1 Å². The van der Waals surface area contributed by atoms with Crippen LogP contribution in [0.25, 0.3) is 0 Å². The highest BCUT2D eigenvalue weighted by Gasteiger charge is 2.21. The van der Waals surface area contributed by atoms with E-state index in [1.54, 1.807) is 36.6 Å². The molecule has 2 rings (SSSR count). The van der Waals surface area contributed by atoms with Crippen LogP contribution in [0.3, 0.4) is 0 Å². The van der Waals surface area contributed by atoms with Crippen molar-refractivity contribution < 1.29 is 8.42 Å². The Hall–Kier alpha value is -0.920. The van der Waals surface area contributed by atoms with Crippen molar-refractivity contribution in [1.29, 1.82) is 0 Å². The quantitative estimate of drug-likeness (QED) is 0.885. The van der Waals surface area contributed by atoms with Crippen LogP contribution in [0.2, 0.25) is 5.02 Å². The maximum absolute atomic E-state index is 12.3. The molecule has 0 fully saturated rings. The monoisotopic (exact) mass is 330 g/mol. The molecule has 4 nitrogen and oxygen atoms in total. The summed E-state index contributed by atoms with van der Waals surface area (Å²) in [7, 11) is -3.55. The Labute approximate surface area is 127 Å². The SMILES string of the molecule is Cc1csc(CN)c1S(=O)(=O)NCc1ccc(Cl)cc1. The fourth-order valence-corrected chi connectivity index (χ4v) is 4.68. The molecule has 2 aromatic rings. The molecule has 0 bridgehead atoms. The van der Waals surface area contributed by atoms with Crippen LogP contribution in [0.1, 0.15) is 16.0 Å². The van der Waals surface area contributed by atoms with E-state index in [2.05, 4.69) is 4.72 Å². The van der Waals surface area contributed by atoms with Crippen LogP contribution < -0.4 is 10.5 Å². The molecule has 1 aromatic carbocycles. The minimum absolute atomic E-state index is 0.218. The Morgan fingerprint density at radius 1 is 1.30 bits per heavy atom. The topological polar surface area (TPSA) is 72.2 Å². The van der Waals surface area contributed by atoms with Crippen molar-refractivity contribution in [2.45, 2.75) is 24.9 Å². The zero-order valence-electron chi connectivity index (χ0n) is 10.9. The third-order valence-corrected chi connectivity index (χ3v) is 5.96. The summed E-state index contributed by atoms with van der Waals surface area (Å²) >= 11 is 7.16. The summed E-state index contributed by atoms with van der Waals surface area (Å²) in [5.74, 6) is 0. The zero-order valence-corrected chi connectivity index (χ0v) is 13.3. The number of hydrogen-bond donors (Lipinski definition) is 2. The third-order valence-electron chi connectivity index (χ3n) is 2.82. The lowest BCUT2D eigenvalue weighted by Gasteiger charge is -2.08. The second-order valence-electron chi connectivity index (χ2n) is 4.33. The van der Waals surface area contributed by atoms with E-state index in [9.17, 15) is 8.42 Å². The maximum Gasteiger partial charge on any atom is 0.242 e. The number of hydrogen-bond acceptors (Lipinski definition) is 4. The van der Waals surface area contributed by atoms with E-state index in [1.165, 1.54) is 11.3 Å². The molecule has 0 aliphatic heterocycles. The van der Waals surface area contributed by atoms with Crippen molar-refractivity contribution in [3.8, 4) is 0 Å². The zero-order chi connectivity index (χ0) is 14.8. The van der Waals surface area contributed by atoms with E-state index < -0.39 is 10.0 Å². The largest absolute Gasteiger partial charge is 0.326 e. The Bertz CT molecular complexity index is 694. The summed E-state index contributed by atoms with van der Waals surface area (Å²) in [6.07, 6.45) is 0. The molecule has 1 aromatic heterocycles. The van der Waals surface area contributed by atoms with E-state index >= 15 is 0 Å². The molecule has 20 heavy (non-hydrogen) atoms. The average Bonchev–Trinajstić information content (AvgIpc) is 2.80. The molecular weight excluding hydrogens is 316 g/mol. The molecule has 0 saturated carbocycles. The fraction of sp³-hybridized carbons (Fsp3) is 0.231. The number of rotatable bonds is 5. The number of sulfonamides is 1. The summed E-state index contributed by atoms with van der Waals surface area (Å²) < 4.78 is 27.3. The molecule has 0 atom stereocenters. The van der Waals surface area contributed by atoms with Crippen LogP contribution in [-0.2, 0) is 23.1 Å². The predicted molar refractivity (Wildman–Crippen MR) is 82.4 cm³/mol. The summed E-state index contributed by atoms with van der Waals surface area (Å²) in [5, 5.41) is 2.43. The smallest absolute Gasteiger partial charge is 0.242 e. The molecule has 108 valence electrons. The van der Waals surface area contributed by atoms with Crippen LogP contribution in [0.15, 0.2) is 34.5 Å². The minimum Gasteiger partial charge on any atom is -0.326 e. The number of nitrogens with two attached hydrogens (primary N) is 1. The van der Waals surface area contributed by atoms with Gasteiger partial charge in [0.1, 0.15) is 4.90 Å². The van der Waals surface area contributed by atoms with Gasteiger partial charge in [-0.25, -0.2) is 13.1 Å². The van der Waals surface area contributed by atoms with Gasteiger partial charge in [-0.2, -0.15) is 0 Å². The number of benzene rings is 1. The summed E-state index contributed by atoms with van der Waals surface area (Å²) in [6, 6.07) is 7.03. The first-order valence-electron chi connectivity index (χ1n) is 5.95. The molecule has 1 heterocycles. The van der Waals surface area contributed by atoms with Crippen molar-refractivity contribution in [2.24, 2.45) is 5.73 Å².